The number of phenolic OH excluding ortho intramolecular Hbond substituents is 1. The maximum atomic E-state index is 12.2. The second-order valence-electron chi connectivity index (χ2n) is 4.94. The summed E-state index contributed by atoms with van der Waals surface area (Å²) in [6.07, 6.45) is 1.58. The smallest absolute Gasteiger partial charge is 0.259 e. The number of halogens is 1. The molecule has 3 aromatic rings. The highest BCUT2D eigenvalue weighted by Gasteiger charge is 2.12. The Labute approximate surface area is 137 Å². The van der Waals surface area contributed by atoms with Gasteiger partial charge in [-0.25, -0.2) is 4.98 Å². The van der Waals surface area contributed by atoms with Crippen LogP contribution in [-0.2, 0) is 0 Å². The number of rotatable bonds is 3. The Balaban J connectivity index is 1.78. The highest BCUT2D eigenvalue weighted by Crippen LogP contribution is 2.24. The normalized spacial score (nSPS) is 10.5. The van der Waals surface area contributed by atoms with Gasteiger partial charge in [-0.15, -0.1) is 0 Å². The number of benzene rings is 2. The van der Waals surface area contributed by atoms with Gasteiger partial charge in [0.15, 0.2) is 5.89 Å². The summed E-state index contributed by atoms with van der Waals surface area (Å²) in [5.41, 5.74) is 2.32. The predicted octanol–water partition coefficient (Wildman–Crippen LogP) is 4.26. The van der Waals surface area contributed by atoms with Crippen LogP contribution in [0.3, 0.4) is 0 Å². The first-order valence-electron chi connectivity index (χ1n) is 6.85. The van der Waals surface area contributed by atoms with Crippen LogP contribution in [0.25, 0.3) is 11.3 Å². The average molecular weight is 329 g/mol. The number of aromatic nitrogens is 1. The van der Waals surface area contributed by atoms with E-state index in [1.54, 1.807) is 25.3 Å². The second kappa shape index (κ2) is 6.14. The molecule has 0 saturated heterocycles. The highest BCUT2D eigenvalue weighted by atomic mass is 35.5. The number of phenols is 1. The van der Waals surface area contributed by atoms with Crippen molar-refractivity contribution in [1.82, 2.24) is 4.98 Å². The van der Waals surface area contributed by atoms with Crippen molar-refractivity contribution < 1.29 is 14.3 Å². The van der Waals surface area contributed by atoms with Crippen LogP contribution >= 0.6 is 11.6 Å². The summed E-state index contributed by atoms with van der Waals surface area (Å²) in [5.74, 6) is 0.0328. The van der Waals surface area contributed by atoms with Crippen LogP contribution in [0.5, 0.6) is 5.75 Å². The molecular formula is C17H13ClN2O3. The molecule has 1 heterocycles. The Morgan fingerprint density at radius 1 is 1.22 bits per heavy atom. The SMILES string of the molecule is Cc1nc(-c2ccc(NC(=O)c3cc(Cl)ccc3O)cc2)co1. The zero-order valence-electron chi connectivity index (χ0n) is 12.2. The number of nitrogens with one attached hydrogen (secondary N) is 1. The average Bonchev–Trinajstić information content (AvgIpc) is 2.97. The van der Waals surface area contributed by atoms with Gasteiger partial charge in [-0.3, -0.25) is 4.79 Å². The van der Waals surface area contributed by atoms with E-state index in [2.05, 4.69) is 10.3 Å². The van der Waals surface area contributed by atoms with E-state index in [9.17, 15) is 9.90 Å². The number of hydrogen-bond acceptors (Lipinski definition) is 4. The van der Waals surface area contributed by atoms with Crippen LogP contribution in [0, 0.1) is 6.92 Å². The van der Waals surface area contributed by atoms with Crippen molar-refractivity contribution in [2.45, 2.75) is 6.92 Å². The summed E-state index contributed by atoms with van der Waals surface area (Å²) in [5, 5.41) is 12.8. The third kappa shape index (κ3) is 3.35. The Bertz CT molecular complexity index is 857. The monoisotopic (exact) mass is 328 g/mol. The van der Waals surface area contributed by atoms with Crippen molar-refractivity contribution in [2.75, 3.05) is 5.32 Å². The van der Waals surface area contributed by atoms with Gasteiger partial charge in [0.2, 0.25) is 0 Å². The highest BCUT2D eigenvalue weighted by molar-refractivity contribution is 6.31. The summed E-state index contributed by atoms with van der Waals surface area (Å²) < 4.78 is 5.17. The molecule has 0 aliphatic heterocycles. The lowest BCUT2D eigenvalue weighted by Gasteiger charge is -2.07. The van der Waals surface area contributed by atoms with Gasteiger partial charge in [-0.05, 0) is 30.3 Å². The van der Waals surface area contributed by atoms with Crippen LogP contribution in [-0.4, -0.2) is 16.0 Å². The molecule has 0 aliphatic carbocycles. The number of amides is 1. The number of anilines is 1. The first-order valence-corrected chi connectivity index (χ1v) is 7.23. The molecule has 1 amide bonds. The standard InChI is InChI=1S/C17H13ClN2O3/c1-10-19-15(9-23-10)11-2-5-13(6-3-11)20-17(22)14-8-12(18)4-7-16(14)21/h2-9,21H,1H3,(H,20,22). The van der Waals surface area contributed by atoms with E-state index in [1.807, 2.05) is 12.1 Å². The predicted molar refractivity (Wildman–Crippen MR) is 87.7 cm³/mol. The van der Waals surface area contributed by atoms with Crippen molar-refractivity contribution in [3.8, 4) is 17.0 Å². The third-order valence-electron chi connectivity index (χ3n) is 3.26. The molecule has 3 rings (SSSR count). The molecule has 0 spiro atoms. The molecule has 5 nitrogen and oxygen atoms in total. The summed E-state index contributed by atoms with van der Waals surface area (Å²) in [6.45, 7) is 1.77. The Morgan fingerprint density at radius 3 is 2.61 bits per heavy atom. The first kappa shape index (κ1) is 15.1. The van der Waals surface area contributed by atoms with Crippen molar-refractivity contribution in [3.63, 3.8) is 0 Å². The van der Waals surface area contributed by atoms with Crippen molar-refractivity contribution in [1.29, 1.82) is 0 Å². The second-order valence-corrected chi connectivity index (χ2v) is 5.38. The van der Waals surface area contributed by atoms with Crippen LogP contribution < -0.4 is 5.32 Å². The minimum absolute atomic E-state index is 0.119. The van der Waals surface area contributed by atoms with Gasteiger partial charge in [0, 0.05) is 23.2 Å². The molecular weight excluding hydrogens is 316 g/mol. The summed E-state index contributed by atoms with van der Waals surface area (Å²) in [6, 6.07) is 11.5. The van der Waals surface area contributed by atoms with E-state index in [0.717, 1.165) is 11.3 Å². The molecule has 0 radical (unpaired) electrons. The molecule has 23 heavy (non-hydrogen) atoms. The number of aryl methyl sites for hydroxylation is 1. The maximum Gasteiger partial charge on any atom is 0.259 e. The lowest BCUT2D eigenvalue weighted by atomic mass is 10.1. The fourth-order valence-corrected chi connectivity index (χ4v) is 2.28. The lowest BCUT2D eigenvalue weighted by Crippen LogP contribution is -2.12. The Kier molecular flexibility index (Phi) is 4.04. The number of carbonyl (C=O) groups is 1. The largest absolute Gasteiger partial charge is 0.507 e. The van der Waals surface area contributed by atoms with Gasteiger partial charge in [0.05, 0.1) is 5.56 Å². The zero-order chi connectivity index (χ0) is 16.4. The number of oxazole rings is 1. The molecule has 0 atom stereocenters. The lowest BCUT2D eigenvalue weighted by molar-refractivity contribution is 0.102. The summed E-state index contributed by atoms with van der Waals surface area (Å²) in [7, 11) is 0. The molecule has 1 aromatic heterocycles. The van der Waals surface area contributed by atoms with E-state index < -0.39 is 5.91 Å². The molecule has 0 bridgehead atoms. The Hall–Kier alpha value is -2.79. The van der Waals surface area contributed by atoms with Crippen LogP contribution in [0.4, 0.5) is 5.69 Å². The number of carbonyl (C=O) groups excluding carboxylic acids is 1. The molecule has 2 aromatic carbocycles. The fraction of sp³-hybridized carbons (Fsp3) is 0.0588. The van der Waals surface area contributed by atoms with E-state index in [4.69, 9.17) is 16.0 Å². The van der Waals surface area contributed by atoms with E-state index in [1.165, 1.54) is 18.2 Å². The number of hydrogen-bond donors (Lipinski definition) is 2. The van der Waals surface area contributed by atoms with Crippen molar-refractivity contribution in [3.05, 3.63) is 65.2 Å². The number of aromatic hydroxyl groups is 1. The minimum atomic E-state index is -0.435. The van der Waals surface area contributed by atoms with E-state index in [0.29, 0.717) is 16.6 Å². The van der Waals surface area contributed by atoms with Crippen LogP contribution in [0.1, 0.15) is 16.2 Å². The maximum absolute atomic E-state index is 12.2. The van der Waals surface area contributed by atoms with Crippen LogP contribution in [0.15, 0.2) is 53.1 Å². The first-order chi connectivity index (χ1) is 11.0. The number of nitrogens with zero attached hydrogens (tertiary/aromatic N) is 1. The molecule has 116 valence electrons. The van der Waals surface area contributed by atoms with Gasteiger partial charge in [-0.1, -0.05) is 23.7 Å². The topological polar surface area (TPSA) is 75.4 Å². The molecule has 0 unspecified atom stereocenters. The quantitative estimate of drug-likeness (QED) is 0.753. The summed E-state index contributed by atoms with van der Waals surface area (Å²) in [4.78, 5) is 16.4. The molecule has 2 N–H and O–H groups in total. The van der Waals surface area contributed by atoms with Gasteiger partial charge >= 0.3 is 0 Å². The van der Waals surface area contributed by atoms with Gasteiger partial charge in [0.1, 0.15) is 17.7 Å². The van der Waals surface area contributed by atoms with Gasteiger partial charge < -0.3 is 14.8 Å². The van der Waals surface area contributed by atoms with Crippen molar-refractivity contribution in [2.24, 2.45) is 0 Å². The Morgan fingerprint density at radius 2 is 1.96 bits per heavy atom. The van der Waals surface area contributed by atoms with Gasteiger partial charge in [-0.2, -0.15) is 0 Å². The third-order valence-corrected chi connectivity index (χ3v) is 3.50. The molecule has 6 heteroatoms. The van der Waals surface area contributed by atoms with Gasteiger partial charge in [0.25, 0.3) is 5.91 Å². The van der Waals surface area contributed by atoms with Crippen molar-refractivity contribution >= 4 is 23.2 Å². The van der Waals surface area contributed by atoms with E-state index in [-0.39, 0.29) is 11.3 Å². The van der Waals surface area contributed by atoms with E-state index >= 15 is 0 Å². The molecule has 0 fully saturated rings. The molecule has 0 aliphatic rings. The summed E-state index contributed by atoms with van der Waals surface area (Å²) >= 11 is 5.85. The van der Waals surface area contributed by atoms with Crippen LogP contribution in [0.2, 0.25) is 5.02 Å². The zero-order valence-corrected chi connectivity index (χ0v) is 13.0. The molecule has 0 saturated carbocycles. The fourth-order valence-electron chi connectivity index (χ4n) is 2.11. The minimum Gasteiger partial charge on any atom is -0.507 e.